The van der Waals surface area contributed by atoms with Crippen molar-refractivity contribution in [2.24, 2.45) is 5.14 Å². The molecule has 0 spiro atoms. The molecule has 0 radical (unpaired) electrons. The van der Waals surface area contributed by atoms with E-state index in [1.54, 1.807) is 6.08 Å². The van der Waals surface area contributed by atoms with E-state index in [1.807, 2.05) is 0 Å². The molecular weight excluding hydrogens is 243 g/mol. The molecule has 0 saturated heterocycles. The van der Waals surface area contributed by atoms with Crippen molar-refractivity contribution in [3.63, 3.8) is 0 Å². The van der Waals surface area contributed by atoms with Gasteiger partial charge in [0.1, 0.15) is 4.75 Å². The first-order valence-electron chi connectivity index (χ1n) is 4.60. The minimum Gasteiger partial charge on any atom is -0.228 e. The third-order valence-corrected chi connectivity index (χ3v) is 4.15. The van der Waals surface area contributed by atoms with Crippen molar-refractivity contribution in [3.05, 3.63) is 24.3 Å². The molecule has 1 aliphatic carbocycles. The third-order valence-electron chi connectivity index (χ3n) is 2.51. The van der Waals surface area contributed by atoms with Crippen molar-refractivity contribution in [3.8, 4) is 0 Å². The average Bonchev–Trinajstić information content (AvgIpc) is 2.13. The zero-order valence-corrected chi connectivity index (χ0v) is 9.18. The fourth-order valence-corrected chi connectivity index (χ4v) is 2.52. The molecule has 0 aliphatic heterocycles. The number of rotatable bonds is 3. The van der Waals surface area contributed by atoms with E-state index < -0.39 is 33.8 Å². The molecule has 0 amide bonds. The van der Waals surface area contributed by atoms with E-state index in [9.17, 15) is 21.6 Å². The molecule has 7 heteroatoms. The smallest absolute Gasteiger partial charge is 0.228 e. The van der Waals surface area contributed by atoms with E-state index in [1.165, 1.54) is 18.2 Å². The van der Waals surface area contributed by atoms with E-state index in [2.05, 4.69) is 0 Å². The second kappa shape index (κ2) is 4.21. The Morgan fingerprint density at radius 1 is 1.31 bits per heavy atom. The number of alkyl halides is 3. The van der Waals surface area contributed by atoms with Gasteiger partial charge in [-0.3, -0.25) is 0 Å². The van der Waals surface area contributed by atoms with Crippen LogP contribution in [-0.4, -0.2) is 19.3 Å². The highest BCUT2D eigenvalue weighted by Gasteiger charge is 2.42. The van der Waals surface area contributed by atoms with Crippen molar-refractivity contribution in [1.82, 2.24) is 0 Å². The van der Waals surface area contributed by atoms with Crippen LogP contribution in [-0.2, 0) is 10.0 Å². The predicted molar refractivity (Wildman–Crippen MR) is 54.0 cm³/mol. The van der Waals surface area contributed by atoms with Gasteiger partial charge in [-0.1, -0.05) is 24.3 Å². The number of sulfonamides is 1. The largest absolute Gasteiger partial charge is 0.389 e. The summed E-state index contributed by atoms with van der Waals surface area (Å²) in [6.07, 6.45) is -0.390. The Labute approximate surface area is 91.9 Å². The summed E-state index contributed by atoms with van der Waals surface area (Å²) in [6, 6.07) is 0. The first kappa shape index (κ1) is 13.2. The maximum atomic E-state index is 12.1. The molecule has 16 heavy (non-hydrogen) atoms. The standard InChI is InChI=1S/C9H12F3NO2S/c10-9(11,12)7-6-8(16(13,14)15)4-2-1-3-5-8/h1-4H,5-7H2,(H2,13,14,15). The van der Waals surface area contributed by atoms with Crippen molar-refractivity contribution in [2.75, 3.05) is 0 Å². The Kier molecular flexibility index (Phi) is 3.49. The minimum absolute atomic E-state index is 0.0155. The lowest BCUT2D eigenvalue weighted by atomic mass is 9.94. The van der Waals surface area contributed by atoms with Crippen LogP contribution in [0.5, 0.6) is 0 Å². The molecule has 2 N–H and O–H groups in total. The van der Waals surface area contributed by atoms with E-state index in [-0.39, 0.29) is 6.42 Å². The summed E-state index contributed by atoms with van der Waals surface area (Å²) in [5, 5.41) is 4.99. The molecule has 0 aromatic carbocycles. The van der Waals surface area contributed by atoms with E-state index >= 15 is 0 Å². The maximum absolute atomic E-state index is 12.1. The van der Waals surface area contributed by atoms with E-state index in [0.717, 1.165) is 0 Å². The Morgan fingerprint density at radius 2 is 1.94 bits per heavy atom. The highest BCUT2D eigenvalue weighted by Crippen LogP contribution is 2.34. The lowest BCUT2D eigenvalue weighted by Gasteiger charge is -2.29. The highest BCUT2D eigenvalue weighted by atomic mass is 32.2. The molecule has 0 bridgehead atoms. The average molecular weight is 255 g/mol. The summed E-state index contributed by atoms with van der Waals surface area (Å²) < 4.78 is 57.4. The van der Waals surface area contributed by atoms with Gasteiger partial charge in [-0.05, 0) is 12.8 Å². The van der Waals surface area contributed by atoms with Gasteiger partial charge in [0.25, 0.3) is 0 Å². The zero-order valence-electron chi connectivity index (χ0n) is 8.37. The monoisotopic (exact) mass is 255 g/mol. The van der Waals surface area contributed by atoms with Crippen molar-refractivity contribution in [2.45, 2.75) is 30.2 Å². The zero-order chi connectivity index (χ0) is 12.4. The number of hydrogen-bond acceptors (Lipinski definition) is 2. The number of hydrogen-bond donors (Lipinski definition) is 1. The second-order valence-electron chi connectivity index (χ2n) is 3.72. The van der Waals surface area contributed by atoms with Gasteiger partial charge in [-0.2, -0.15) is 13.2 Å². The van der Waals surface area contributed by atoms with Crippen LogP contribution in [0.4, 0.5) is 13.2 Å². The molecular formula is C9H12F3NO2S. The SMILES string of the molecule is NS(=O)(=O)C1(CCC(F)(F)F)C=CC=CC1. The Morgan fingerprint density at radius 3 is 2.31 bits per heavy atom. The maximum Gasteiger partial charge on any atom is 0.389 e. The molecule has 0 saturated carbocycles. The first-order chi connectivity index (χ1) is 7.16. The molecule has 0 aromatic rings. The lowest BCUT2D eigenvalue weighted by molar-refractivity contribution is -0.136. The molecule has 3 nitrogen and oxygen atoms in total. The second-order valence-corrected chi connectivity index (χ2v) is 5.62. The van der Waals surface area contributed by atoms with E-state index in [0.29, 0.717) is 0 Å². The lowest BCUT2D eigenvalue weighted by Crippen LogP contribution is -2.42. The normalized spacial score (nSPS) is 26.0. The Hall–Kier alpha value is -0.820. The van der Waals surface area contributed by atoms with Gasteiger partial charge in [-0.25, -0.2) is 13.6 Å². The summed E-state index contributed by atoms with van der Waals surface area (Å²) in [5.41, 5.74) is 0. The van der Waals surface area contributed by atoms with Crippen molar-refractivity contribution in [1.29, 1.82) is 0 Å². The summed E-state index contributed by atoms with van der Waals surface area (Å²) in [4.78, 5) is 0. The fourth-order valence-electron chi connectivity index (χ4n) is 1.54. The van der Waals surface area contributed by atoms with Crippen LogP contribution in [0.25, 0.3) is 0 Å². The van der Waals surface area contributed by atoms with Crippen molar-refractivity contribution >= 4 is 10.0 Å². The van der Waals surface area contributed by atoms with Gasteiger partial charge in [0.2, 0.25) is 10.0 Å². The summed E-state index contributed by atoms with van der Waals surface area (Å²) in [6.45, 7) is 0. The van der Waals surface area contributed by atoms with Crippen LogP contribution < -0.4 is 5.14 Å². The molecule has 1 aliphatic rings. The van der Waals surface area contributed by atoms with Crippen molar-refractivity contribution < 1.29 is 21.6 Å². The van der Waals surface area contributed by atoms with Gasteiger partial charge in [-0.15, -0.1) is 0 Å². The van der Waals surface area contributed by atoms with Gasteiger partial charge >= 0.3 is 6.18 Å². The molecule has 1 unspecified atom stereocenters. The number of primary sulfonamides is 1. The van der Waals surface area contributed by atoms with Crippen LogP contribution in [0, 0.1) is 0 Å². The van der Waals surface area contributed by atoms with Gasteiger partial charge in [0.05, 0.1) is 0 Å². The summed E-state index contributed by atoms with van der Waals surface area (Å²) >= 11 is 0. The Bertz CT molecular complexity index is 411. The first-order valence-corrected chi connectivity index (χ1v) is 6.14. The van der Waals surface area contributed by atoms with Crippen LogP contribution in [0.3, 0.4) is 0 Å². The molecule has 0 heterocycles. The topological polar surface area (TPSA) is 60.2 Å². The van der Waals surface area contributed by atoms with E-state index in [4.69, 9.17) is 5.14 Å². The van der Waals surface area contributed by atoms with Gasteiger partial charge in [0.15, 0.2) is 0 Å². The molecule has 1 atom stereocenters. The third kappa shape index (κ3) is 3.08. The quantitative estimate of drug-likeness (QED) is 0.836. The highest BCUT2D eigenvalue weighted by molar-refractivity contribution is 7.90. The summed E-state index contributed by atoms with van der Waals surface area (Å²) in [7, 11) is -4.05. The molecule has 0 fully saturated rings. The number of halogens is 3. The molecule has 92 valence electrons. The van der Waals surface area contributed by atoms with Gasteiger partial charge < -0.3 is 0 Å². The fraction of sp³-hybridized carbons (Fsp3) is 0.556. The van der Waals surface area contributed by atoms with Gasteiger partial charge in [0, 0.05) is 6.42 Å². The minimum atomic E-state index is -4.38. The molecule has 0 aromatic heterocycles. The van der Waals surface area contributed by atoms with Crippen LogP contribution in [0.15, 0.2) is 24.3 Å². The van der Waals surface area contributed by atoms with Crippen LogP contribution in [0.1, 0.15) is 19.3 Å². The Balaban J connectivity index is 2.91. The number of allylic oxidation sites excluding steroid dienone is 3. The van der Waals surface area contributed by atoms with Crippen LogP contribution in [0.2, 0.25) is 0 Å². The molecule has 1 rings (SSSR count). The predicted octanol–water partition coefficient (Wildman–Crippen LogP) is 1.87. The number of nitrogens with two attached hydrogens (primary N) is 1. The summed E-state index contributed by atoms with van der Waals surface area (Å²) in [5.74, 6) is 0. The van der Waals surface area contributed by atoms with Crippen LogP contribution >= 0.6 is 0 Å².